The second kappa shape index (κ2) is 9.09. The van der Waals surface area contributed by atoms with Crippen molar-refractivity contribution in [2.75, 3.05) is 19.7 Å². The molecule has 0 aliphatic carbocycles. The number of para-hydroxylation sites is 1. The molecule has 1 saturated heterocycles. The van der Waals surface area contributed by atoms with Crippen molar-refractivity contribution in [2.45, 2.75) is 26.3 Å². The number of aromatic nitrogens is 1. The van der Waals surface area contributed by atoms with E-state index in [1.54, 1.807) is 0 Å². The maximum Gasteiger partial charge on any atom is 0.310 e. The van der Waals surface area contributed by atoms with Crippen LogP contribution in [-0.4, -0.2) is 35.5 Å². The molecule has 4 aromatic rings. The van der Waals surface area contributed by atoms with E-state index in [-0.39, 0.29) is 11.9 Å². The lowest BCUT2D eigenvalue weighted by molar-refractivity contribution is -0.150. The van der Waals surface area contributed by atoms with Gasteiger partial charge in [-0.05, 0) is 60.8 Å². The highest BCUT2D eigenvalue weighted by atomic mass is 16.5. The van der Waals surface area contributed by atoms with Crippen molar-refractivity contribution in [1.29, 1.82) is 0 Å². The van der Waals surface area contributed by atoms with Crippen LogP contribution in [0.25, 0.3) is 32.9 Å². The summed E-state index contributed by atoms with van der Waals surface area (Å²) < 4.78 is 5.29. The zero-order valence-corrected chi connectivity index (χ0v) is 18.5. The Morgan fingerprint density at radius 2 is 1.84 bits per heavy atom. The van der Waals surface area contributed by atoms with Gasteiger partial charge in [-0.25, -0.2) is 4.98 Å². The van der Waals surface area contributed by atoms with Crippen molar-refractivity contribution in [3.63, 3.8) is 0 Å². The number of benzene rings is 3. The van der Waals surface area contributed by atoms with Gasteiger partial charge in [0.1, 0.15) is 0 Å². The van der Waals surface area contributed by atoms with Gasteiger partial charge in [0.05, 0.1) is 23.7 Å². The first-order chi connectivity index (χ1) is 15.7. The van der Waals surface area contributed by atoms with Crippen molar-refractivity contribution in [2.24, 2.45) is 5.92 Å². The van der Waals surface area contributed by atoms with Crippen molar-refractivity contribution >= 4 is 27.6 Å². The minimum absolute atomic E-state index is 0.0308. The van der Waals surface area contributed by atoms with E-state index in [4.69, 9.17) is 9.72 Å². The number of likely N-dealkylation sites (tertiary alicyclic amines) is 1. The van der Waals surface area contributed by atoms with Crippen molar-refractivity contribution < 1.29 is 9.53 Å². The van der Waals surface area contributed by atoms with Gasteiger partial charge >= 0.3 is 5.97 Å². The molecule has 1 aliphatic heterocycles. The SMILES string of the molecule is CCOC(=O)[C@@H]1CCCN(Cc2cc(-c3ccc4ccccc4c3)nc3ccccc23)C1. The van der Waals surface area contributed by atoms with Gasteiger partial charge in [0, 0.05) is 24.0 Å². The van der Waals surface area contributed by atoms with Gasteiger partial charge < -0.3 is 4.74 Å². The Labute approximate surface area is 188 Å². The third kappa shape index (κ3) is 4.23. The summed E-state index contributed by atoms with van der Waals surface area (Å²) in [5, 5.41) is 3.63. The van der Waals surface area contributed by atoms with E-state index in [1.807, 2.05) is 13.0 Å². The fourth-order valence-corrected chi connectivity index (χ4v) is 4.77. The number of piperidine rings is 1. The molecule has 1 atom stereocenters. The lowest BCUT2D eigenvalue weighted by atomic mass is 9.96. The van der Waals surface area contributed by atoms with Crippen LogP contribution in [-0.2, 0) is 16.1 Å². The largest absolute Gasteiger partial charge is 0.466 e. The lowest BCUT2D eigenvalue weighted by Crippen LogP contribution is -2.39. The Balaban J connectivity index is 1.49. The molecule has 0 amide bonds. The fourth-order valence-electron chi connectivity index (χ4n) is 4.77. The standard InChI is InChI=1S/C28H28N2O2/c1-2-32-28(31)23-10-7-15-30(18-23)19-24-17-27(29-26-12-6-5-11-25(24)26)22-14-13-20-8-3-4-9-21(20)16-22/h3-6,8-9,11-14,16-17,23H,2,7,10,15,18-19H2,1H3/t23-/m1/s1. The Morgan fingerprint density at radius 3 is 2.72 bits per heavy atom. The molecule has 1 aromatic heterocycles. The molecule has 0 radical (unpaired) electrons. The van der Waals surface area contributed by atoms with Crippen LogP contribution in [0.3, 0.4) is 0 Å². The van der Waals surface area contributed by atoms with E-state index >= 15 is 0 Å². The van der Waals surface area contributed by atoms with Gasteiger partial charge in [-0.3, -0.25) is 9.69 Å². The number of carbonyl (C=O) groups excluding carboxylic acids is 1. The van der Waals surface area contributed by atoms with Gasteiger partial charge in [0.15, 0.2) is 0 Å². The van der Waals surface area contributed by atoms with Gasteiger partial charge in [-0.1, -0.05) is 54.6 Å². The number of nitrogens with zero attached hydrogens (tertiary/aromatic N) is 2. The van der Waals surface area contributed by atoms with E-state index in [0.717, 1.165) is 49.2 Å². The van der Waals surface area contributed by atoms with E-state index in [9.17, 15) is 4.79 Å². The average molecular weight is 425 g/mol. The number of ether oxygens (including phenoxy) is 1. The quantitative estimate of drug-likeness (QED) is 0.378. The van der Waals surface area contributed by atoms with Crippen LogP contribution in [0.4, 0.5) is 0 Å². The number of carbonyl (C=O) groups is 1. The van der Waals surface area contributed by atoms with E-state index in [1.165, 1.54) is 21.7 Å². The van der Waals surface area contributed by atoms with Crippen molar-refractivity contribution in [1.82, 2.24) is 9.88 Å². The second-order valence-electron chi connectivity index (χ2n) is 8.57. The van der Waals surface area contributed by atoms with Gasteiger partial charge in [0.25, 0.3) is 0 Å². The minimum Gasteiger partial charge on any atom is -0.466 e. The Morgan fingerprint density at radius 1 is 1.03 bits per heavy atom. The molecule has 32 heavy (non-hydrogen) atoms. The lowest BCUT2D eigenvalue weighted by Gasteiger charge is -2.31. The van der Waals surface area contributed by atoms with Crippen LogP contribution >= 0.6 is 0 Å². The smallest absolute Gasteiger partial charge is 0.310 e. The first-order valence-corrected chi connectivity index (χ1v) is 11.5. The molecule has 2 heterocycles. The third-order valence-corrected chi connectivity index (χ3v) is 6.37. The highest BCUT2D eigenvalue weighted by Gasteiger charge is 2.27. The van der Waals surface area contributed by atoms with Crippen LogP contribution in [0, 0.1) is 5.92 Å². The van der Waals surface area contributed by atoms with Crippen molar-refractivity contribution in [3.05, 3.63) is 78.4 Å². The summed E-state index contributed by atoms with van der Waals surface area (Å²) in [5.74, 6) is -0.0922. The third-order valence-electron chi connectivity index (χ3n) is 6.37. The molecule has 4 heteroatoms. The summed E-state index contributed by atoms with van der Waals surface area (Å²) in [5.41, 5.74) is 4.37. The van der Waals surface area contributed by atoms with Gasteiger partial charge in [-0.15, -0.1) is 0 Å². The van der Waals surface area contributed by atoms with E-state index < -0.39 is 0 Å². The van der Waals surface area contributed by atoms with Crippen LogP contribution < -0.4 is 0 Å². The number of esters is 1. The predicted octanol–water partition coefficient (Wildman–Crippen LogP) is 5.83. The predicted molar refractivity (Wildman–Crippen MR) is 129 cm³/mol. The normalized spacial score (nSPS) is 17.0. The number of pyridine rings is 1. The molecular weight excluding hydrogens is 396 g/mol. The molecule has 4 nitrogen and oxygen atoms in total. The zero-order valence-electron chi connectivity index (χ0n) is 18.5. The highest BCUT2D eigenvalue weighted by molar-refractivity contribution is 5.89. The molecule has 1 aliphatic rings. The average Bonchev–Trinajstić information content (AvgIpc) is 2.84. The molecule has 0 spiro atoms. The molecule has 1 fully saturated rings. The summed E-state index contributed by atoms with van der Waals surface area (Å²) in [6.45, 7) is 4.87. The van der Waals surface area contributed by atoms with Crippen LogP contribution in [0.15, 0.2) is 72.8 Å². The molecule has 3 aromatic carbocycles. The monoisotopic (exact) mass is 424 g/mol. The highest BCUT2D eigenvalue weighted by Crippen LogP contribution is 2.29. The number of hydrogen-bond acceptors (Lipinski definition) is 4. The zero-order chi connectivity index (χ0) is 21.9. The Kier molecular flexibility index (Phi) is 5.87. The van der Waals surface area contributed by atoms with Crippen LogP contribution in [0.5, 0.6) is 0 Å². The Hall–Kier alpha value is -3.24. The second-order valence-corrected chi connectivity index (χ2v) is 8.57. The molecule has 5 rings (SSSR count). The van der Waals surface area contributed by atoms with Crippen LogP contribution in [0.1, 0.15) is 25.3 Å². The number of rotatable bonds is 5. The summed E-state index contributed by atoms with van der Waals surface area (Å²) in [6, 6.07) is 25.5. The maximum absolute atomic E-state index is 12.3. The summed E-state index contributed by atoms with van der Waals surface area (Å²) in [7, 11) is 0. The van der Waals surface area contributed by atoms with Gasteiger partial charge in [-0.2, -0.15) is 0 Å². The maximum atomic E-state index is 12.3. The molecule has 162 valence electrons. The van der Waals surface area contributed by atoms with Gasteiger partial charge in [0.2, 0.25) is 0 Å². The number of hydrogen-bond donors (Lipinski definition) is 0. The molecule has 0 N–H and O–H groups in total. The fraction of sp³-hybridized carbons (Fsp3) is 0.286. The van der Waals surface area contributed by atoms with E-state index in [2.05, 4.69) is 71.6 Å². The van der Waals surface area contributed by atoms with Crippen LogP contribution in [0.2, 0.25) is 0 Å². The summed E-state index contributed by atoms with van der Waals surface area (Å²) in [6.07, 6.45) is 1.93. The first kappa shape index (κ1) is 20.7. The number of fused-ring (bicyclic) bond motifs is 2. The Bertz CT molecular complexity index is 1270. The summed E-state index contributed by atoms with van der Waals surface area (Å²) in [4.78, 5) is 19.7. The van der Waals surface area contributed by atoms with E-state index in [0.29, 0.717) is 6.61 Å². The molecule has 0 unspecified atom stereocenters. The summed E-state index contributed by atoms with van der Waals surface area (Å²) >= 11 is 0. The minimum atomic E-state index is -0.0614. The van der Waals surface area contributed by atoms with Crippen molar-refractivity contribution in [3.8, 4) is 11.3 Å². The first-order valence-electron chi connectivity index (χ1n) is 11.5. The molecule has 0 saturated carbocycles. The molecular formula is C28H28N2O2. The topological polar surface area (TPSA) is 42.4 Å². The molecule has 0 bridgehead atoms.